The Morgan fingerprint density at radius 1 is 1.16 bits per heavy atom. The van der Waals surface area contributed by atoms with Crippen molar-refractivity contribution in [1.82, 2.24) is 21.3 Å². The molecule has 4 N–H and O–H groups in total. The standard InChI is InChI=1S/C24H32N4O4/c1-15(2)21(24(31)25-3)28-23(30)20-11-10-19(32-20)17-8-6-7-16(13-17)14-27-22(29)18-9-4-5-12-26-18/h6-8,10-11,13,15,18,21,26H,4-5,9,12,14H2,1-3H3,(H,25,31)(H,27,29)(H,28,30). The van der Waals surface area contributed by atoms with E-state index in [1.807, 2.05) is 38.1 Å². The van der Waals surface area contributed by atoms with E-state index in [4.69, 9.17) is 4.42 Å². The Hall–Kier alpha value is -3.13. The fraction of sp³-hybridized carbons (Fsp3) is 0.458. The van der Waals surface area contributed by atoms with Crippen LogP contribution in [0.1, 0.15) is 49.2 Å². The molecule has 2 aromatic rings. The van der Waals surface area contributed by atoms with Gasteiger partial charge in [0.05, 0.1) is 6.04 Å². The highest BCUT2D eigenvalue weighted by atomic mass is 16.4. The summed E-state index contributed by atoms with van der Waals surface area (Å²) in [5, 5.41) is 11.5. The fourth-order valence-corrected chi connectivity index (χ4v) is 3.74. The van der Waals surface area contributed by atoms with Crippen LogP contribution in [0.5, 0.6) is 0 Å². The van der Waals surface area contributed by atoms with Crippen molar-refractivity contribution < 1.29 is 18.8 Å². The average molecular weight is 441 g/mol. The average Bonchev–Trinajstić information content (AvgIpc) is 3.31. The molecule has 172 valence electrons. The first-order valence-electron chi connectivity index (χ1n) is 11.1. The molecule has 0 saturated carbocycles. The highest BCUT2D eigenvalue weighted by Crippen LogP contribution is 2.23. The minimum atomic E-state index is -0.647. The van der Waals surface area contributed by atoms with Crippen molar-refractivity contribution in [2.45, 2.75) is 51.7 Å². The molecule has 8 nitrogen and oxygen atoms in total. The summed E-state index contributed by atoms with van der Waals surface area (Å²) >= 11 is 0. The minimum absolute atomic E-state index is 0.0166. The van der Waals surface area contributed by atoms with Gasteiger partial charge in [-0.2, -0.15) is 0 Å². The summed E-state index contributed by atoms with van der Waals surface area (Å²) in [4.78, 5) is 36.9. The van der Waals surface area contributed by atoms with Gasteiger partial charge in [0.1, 0.15) is 11.8 Å². The van der Waals surface area contributed by atoms with Gasteiger partial charge in [0, 0.05) is 19.2 Å². The van der Waals surface area contributed by atoms with Gasteiger partial charge in [-0.15, -0.1) is 0 Å². The summed E-state index contributed by atoms with van der Waals surface area (Å²) in [6, 6.07) is 10.2. The molecule has 3 rings (SSSR count). The van der Waals surface area contributed by atoms with E-state index in [0.717, 1.165) is 36.9 Å². The van der Waals surface area contributed by atoms with Gasteiger partial charge in [-0.3, -0.25) is 14.4 Å². The summed E-state index contributed by atoms with van der Waals surface area (Å²) in [5.41, 5.74) is 1.74. The second-order valence-electron chi connectivity index (χ2n) is 8.39. The maximum atomic E-state index is 12.6. The molecule has 1 aliphatic rings. The number of hydrogen-bond acceptors (Lipinski definition) is 5. The lowest BCUT2D eigenvalue weighted by Gasteiger charge is -2.22. The topological polar surface area (TPSA) is 112 Å². The highest BCUT2D eigenvalue weighted by Gasteiger charge is 2.25. The molecule has 0 aliphatic carbocycles. The van der Waals surface area contributed by atoms with Crippen molar-refractivity contribution >= 4 is 17.7 Å². The Morgan fingerprint density at radius 2 is 1.97 bits per heavy atom. The van der Waals surface area contributed by atoms with Crippen LogP contribution >= 0.6 is 0 Å². The third-order valence-corrected chi connectivity index (χ3v) is 5.62. The number of furan rings is 1. The van der Waals surface area contributed by atoms with E-state index < -0.39 is 11.9 Å². The van der Waals surface area contributed by atoms with Crippen molar-refractivity contribution in [1.29, 1.82) is 0 Å². The Balaban J connectivity index is 1.63. The number of hydrogen-bond donors (Lipinski definition) is 4. The van der Waals surface area contributed by atoms with E-state index in [0.29, 0.717) is 12.3 Å². The molecular formula is C24H32N4O4. The van der Waals surface area contributed by atoms with Crippen molar-refractivity contribution in [2.75, 3.05) is 13.6 Å². The van der Waals surface area contributed by atoms with Crippen molar-refractivity contribution in [2.24, 2.45) is 5.92 Å². The maximum absolute atomic E-state index is 12.6. The first-order valence-corrected chi connectivity index (χ1v) is 11.1. The van der Waals surface area contributed by atoms with Crippen LogP contribution in [0.15, 0.2) is 40.8 Å². The van der Waals surface area contributed by atoms with Crippen LogP contribution in [0.4, 0.5) is 0 Å². The second kappa shape index (κ2) is 10.9. The number of carbonyl (C=O) groups excluding carboxylic acids is 3. The molecule has 1 aliphatic heterocycles. The summed E-state index contributed by atoms with van der Waals surface area (Å²) in [6.45, 7) is 5.02. The monoisotopic (exact) mass is 440 g/mol. The Morgan fingerprint density at radius 3 is 2.66 bits per heavy atom. The number of piperidine rings is 1. The van der Waals surface area contributed by atoms with Gasteiger partial charge in [0.25, 0.3) is 5.91 Å². The van der Waals surface area contributed by atoms with Crippen LogP contribution in [-0.2, 0) is 16.1 Å². The normalized spacial score (nSPS) is 16.9. The molecule has 0 bridgehead atoms. The molecule has 0 spiro atoms. The van der Waals surface area contributed by atoms with Gasteiger partial charge in [-0.1, -0.05) is 38.5 Å². The van der Waals surface area contributed by atoms with Gasteiger partial charge in [-0.25, -0.2) is 0 Å². The van der Waals surface area contributed by atoms with E-state index in [-0.39, 0.29) is 29.5 Å². The lowest BCUT2D eigenvalue weighted by atomic mass is 10.0. The molecule has 8 heteroatoms. The van der Waals surface area contributed by atoms with Crippen molar-refractivity contribution in [3.05, 3.63) is 47.7 Å². The van der Waals surface area contributed by atoms with Crippen LogP contribution in [0.3, 0.4) is 0 Å². The SMILES string of the molecule is CNC(=O)C(NC(=O)c1ccc(-c2cccc(CNC(=O)C3CCCCN3)c2)o1)C(C)C. The lowest BCUT2D eigenvalue weighted by Crippen LogP contribution is -2.48. The Kier molecular flexibility index (Phi) is 8.05. The molecule has 1 aromatic carbocycles. The fourth-order valence-electron chi connectivity index (χ4n) is 3.74. The number of rotatable bonds is 8. The predicted molar refractivity (Wildman–Crippen MR) is 122 cm³/mol. The predicted octanol–water partition coefficient (Wildman–Crippen LogP) is 2.21. The van der Waals surface area contributed by atoms with E-state index in [9.17, 15) is 14.4 Å². The molecule has 2 unspecified atom stereocenters. The number of nitrogens with one attached hydrogen (secondary N) is 4. The van der Waals surface area contributed by atoms with Gasteiger partial charge >= 0.3 is 0 Å². The van der Waals surface area contributed by atoms with E-state index in [1.54, 1.807) is 12.1 Å². The Bertz CT molecular complexity index is 947. The third-order valence-electron chi connectivity index (χ3n) is 5.62. The lowest BCUT2D eigenvalue weighted by molar-refractivity contribution is -0.124. The number of carbonyl (C=O) groups is 3. The first-order chi connectivity index (χ1) is 15.4. The van der Waals surface area contributed by atoms with E-state index in [1.165, 1.54) is 7.05 Å². The molecule has 32 heavy (non-hydrogen) atoms. The van der Waals surface area contributed by atoms with Gasteiger partial charge < -0.3 is 25.7 Å². The molecular weight excluding hydrogens is 408 g/mol. The summed E-state index contributed by atoms with van der Waals surface area (Å²) in [5.74, 6) is -0.0675. The third kappa shape index (κ3) is 5.97. The zero-order valence-corrected chi connectivity index (χ0v) is 18.9. The summed E-state index contributed by atoms with van der Waals surface area (Å²) < 4.78 is 5.76. The molecule has 2 heterocycles. The zero-order valence-electron chi connectivity index (χ0n) is 18.9. The van der Waals surface area contributed by atoms with Crippen LogP contribution in [-0.4, -0.2) is 43.4 Å². The smallest absolute Gasteiger partial charge is 0.287 e. The quantitative estimate of drug-likeness (QED) is 0.503. The van der Waals surface area contributed by atoms with Crippen molar-refractivity contribution in [3.63, 3.8) is 0 Å². The molecule has 0 radical (unpaired) electrons. The van der Waals surface area contributed by atoms with E-state index >= 15 is 0 Å². The van der Waals surface area contributed by atoms with E-state index in [2.05, 4.69) is 21.3 Å². The van der Waals surface area contributed by atoms with Crippen LogP contribution < -0.4 is 21.3 Å². The van der Waals surface area contributed by atoms with Crippen LogP contribution in [0.2, 0.25) is 0 Å². The second-order valence-corrected chi connectivity index (χ2v) is 8.39. The summed E-state index contributed by atoms with van der Waals surface area (Å²) in [7, 11) is 1.54. The largest absolute Gasteiger partial charge is 0.451 e. The van der Waals surface area contributed by atoms with Gasteiger partial charge in [0.2, 0.25) is 11.8 Å². The maximum Gasteiger partial charge on any atom is 0.287 e. The summed E-state index contributed by atoms with van der Waals surface area (Å²) in [6.07, 6.45) is 3.04. The molecule has 1 aromatic heterocycles. The minimum Gasteiger partial charge on any atom is -0.451 e. The number of likely N-dealkylation sites (N-methyl/N-ethyl adjacent to an activating group) is 1. The zero-order chi connectivity index (χ0) is 23.1. The molecule has 3 amide bonds. The number of benzene rings is 1. The van der Waals surface area contributed by atoms with Crippen LogP contribution in [0, 0.1) is 5.92 Å². The molecule has 1 fully saturated rings. The molecule has 2 atom stereocenters. The molecule has 1 saturated heterocycles. The Labute approximate surface area is 188 Å². The van der Waals surface area contributed by atoms with Crippen LogP contribution in [0.25, 0.3) is 11.3 Å². The van der Waals surface area contributed by atoms with Gasteiger partial charge in [0.15, 0.2) is 5.76 Å². The first kappa shape index (κ1) is 23.5. The number of amides is 3. The van der Waals surface area contributed by atoms with Gasteiger partial charge in [-0.05, 0) is 49.1 Å². The van der Waals surface area contributed by atoms with Crippen molar-refractivity contribution in [3.8, 4) is 11.3 Å². The highest BCUT2D eigenvalue weighted by molar-refractivity contribution is 5.96.